The van der Waals surface area contributed by atoms with Gasteiger partial charge in [0.2, 0.25) is 0 Å². The molecule has 0 saturated heterocycles. The monoisotopic (exact) mass is 324 g/mol. The molecular weight excluding hydrogens is 284 g/mol. The molecule has 2 aliphatic carbocycles. The highest BCUT2D eigenvalue weighted by atomic mass is 16.5. The molecule has 23 heavy (non-hydrogen) atoms. The lowest BCUT2D eigenvalue weighted by Gasteiger charge is -2.53. The molecule has 2 aliphatic rings. The Hall–Kier alpha value is -0.0800. The molecule has 2 rings (SSSR count). The van der Waals surface area contributed by atoms with Gasteiger partial charge in [0.05, 0.1) is 12.2 Å². The first-order valence-corrected chi connectivity index (χ1v) is 10.5. The second kappa shape index (κ2) is 10.0. The topological polar surface area (TPSA) is 18.5 Å². The third-order valence-electron chi connectivity index (χ3n) is 6.53. The van der Waals surface area contributed by atoms with E-state index in [1.807, 2.05) is 0 Å². The minimum atomic E-state index is 0.0828. The summed E-state index contributed by atoms with van der Waals surface area (Å²) in [6, 6.07) is 0. The lowest BCUT2D eigenvalue weighted by molar-refractivity contribution is -0.186. The molecule has 2 fully saturated rings. The van der Waals surface area contributed by atoms with Crippen LogP contribution >= 0.6 is 0 Å². The van der Waals surface area contributed by atoms with Gasteiger partial charge in [-0.1, -0.05) is 45.4 Å². The zero-order valence-corrected chi connectivity index (χ0v) is 15.9. The first kappa shape index (κ1) is 19.2. The fourth-order valence-electron chi connectivity index (χ4n) is 5.54. The Labute approximate surface area is 144 Å². The molecule has 0 aromatic carbocycles. The summed E-state index contributed by atoms with van der Waals surface area (Å²) in [4.78, 5) is 0. The summed E-state index contributed by atoms with van der Waals surface area (Å²) in [5.74, 6) is 2.07. The van der Waals surface area contributed by atoms with Gasteiger partial charge in [-0.25, -0.2) is 0 Å². The van der Waals surface area contributed by atoms with Gasteiger partial charge in [0.25, 0.3) is 0 Å². The van der Waals surface area contributed by atoms with Crippen molar-refractivity contribution in [1.29, 1.82) is 0 Å². The number of hydrogen-bond acceptors (Lipinski definition) is 2. The van der Waals surface area contributed by atoms with Crippen molar-refractivity contribution in [1.82, 2.24) is 0 Å². The molecule has 0 heterocycles. The van der Waals surface area contributed by atoms with E-state index in [-0.39, 0.29) is 5.60 Å². The van der Waals surface area contributed by atoms with Crippen LogP contribution in [-0.2, 0) is 9.47 Å². The van der Waals surface area contributed by atoms with Crippen molar-refractivity contribution in [3.05, 3.63) is 0 Å². The second-order valence-corrected chi connectivity index (χ2v) is 7.72. The van der Waals surface area contributed by atoms with E-state index in [4.69, 9.17) is 9.47 Å². The van der Waals surface area contributed by atoms with Crippen LogP contribution in [0.4, 0.5) is 0 Å². The highest BCUT2D eigenvalue weighted by Gasteiger charge is 2.51. The molecule has 0 radical (unpaired) electrons. The molecular formula is C21H40O2. The molecule has 2 saturated carbocycles. The standard InChI is InChI=1S/C21H40O2/c1-4-18(17-22-5-2)21(23-6-3,19-13-9-7-10-14-19)20-15-11-8-12-16-20/h18-20H,4-17H2,1-3H3. The molecule has 0 N–H and O–H groups in total. The van der Waals surface area contributed by atoms with E-state index < -0.39 is 0 Å². The van der Waals surface area contributed by atoms with Crippen LogP contribution in [0.1, 0.15) is 91.4 Å². The van der Waals surface area contributed by atoms with Gasteiger partial charge in [0.15, 0.2) is 0 Å². The molecule has 0 aromatic rings. The average Bonchev–Trinajstić information content (AvgIpc) is 2.62. The molecule has 0 spiro atoms. The van der Waals surface area contributed by atoms with Gasteiger partial charge in [0, 0.05) is 19.1 Å². The van der Waals surface area contributed by atoms with E-state index in [1.165, 1.54) is 70.6 Å². The molecule has 2 heteroatoms. The van der Waals surface area contributed by atoms with Crippen LogP contribution in [0.25, 0.3) is 0 Å². The summed E-state index contributed by atoms with van der Waals surface area (Å²) in [5.41, 5.74) is 0.0828. The maximum absolute atomic E-state index is 6.78. The predicted octanol–water partition coefficient (Wildman–Crippen LogP) is 5.99. The van der Waals surface area contributed by atoms with Gasteiger partial charge < -0.3 is 9.47 Å². The van der Waals surface area contributed by atoms with E-state index >= 15 is 0 Å². The van der Waals surface area contributed by atoms with Crippen molar-refractivity contribution in [2.45, 2.75) is 97.0 Å². The van der Waals surface area contributed by atoms with Crippen molar-refractivity contribution in [3.63, 3.8) is 0 Å². The highest BCUT2D eigenvalue weighted by Crippen LogP contribution is 2.50. The third-order valence-corrected chi connectivity index (χ3v) is 6.53. The van der Waals surface area contributed by atoms with Crippen molar-refractivity contribution >= 4 is 0 Å². The highest BCUT2D eigenvalue weighted by molar-refractivity contribution is 5.00. The van der Waals surface area contributed by atoms with Gasteiger partial charge in [0.1, 0.15) is 0 Å². The van der Waals surface area contributed by atoms with Crippen LogP contribution in [0.5, 0.6) is 0 Å². The van der Waals surface area contributed by atoms with Gasteiger partial charge in [-0.2, -0.15) is 0 Å². The summed E-state index contributed by atoms with van der Waals surface area (Å²) in [5, 5.41) is 0. The van der Waals surface area contributed by atoms with Gasteiger partial charge in [-0.15, -0.1) is 0 Å². The Kier molecular flexibility index (Phi) is 8.40. The average molecular weight is 325 g/mol. The summed E-state index contributed by atoms with van der Waals surface area (Å²) in [6.45, 7) is 9.25. The quantitative estimate of drug-likeness (QED) is 0.519. The van der Waals surface area contributed by atoms with E-state index in [9.17, 15) is 0 Å². The SMILES string of the molecule is CCOCC(CC)C(OCC)(C1CCCCC1)C1CCCCC1. The molecule has 2 nitrogen and oxygen atoms in total. The van der Waals surface area contributed by atoms with E-state index in [2.05, 4.69) is 20.8 Å². The number of hydrogen-bond donors (Lipinski definition) is 0. The van der Waals surface area contributed by atoms with E-state index in [0.29, 0.717) is 5.92 Å². The van der Waals surface area contributed by atoms with E-state index in [1.54, 1.807) is 0 Å². The fraction of sp³-hybridized carbons (Fsp3) is 1.00. The first-order valence-electron chi connectivity index (χ1n) is 10.5. The Bertz CT molecular complexity index is 285. The summed E-state index contributed by atoms with van der Waals surface area (Å²) in [6.07, 6.45) is 15.1. The summed E-state index contributed by atoms with van der Waals surface area (Å²) in [7, 11) is 0. The Morgan fingerprint density at radius 2 is 1.30 bits per heavy atom. The Morgan fingerprint density at radius 1 is 0.783 bits per heavy atom. The minimum Gasteiger partial charge on any atom is -0.381 e. The first-order chi connectivity index (χ1) is 11.3. The summed E-state index contributed by atoms with van der Waals surface area (Å²) < 4.78 is 12.7. The van der Waals surface area contributed by atoms with Crippen molar-refractivity contribution in [2.24, 2.45) is 17.8 Å². The van der Waals surface area contributed by atoms with Crippen molar-refractivity contribution < 1.29 is 9.47 Å². The zero-order chi connectivity index (χ0) is 16.5. The normalized spacial score (nSPS) is 23.1. The lowest BCUT2D eigenvalue weighted by atomic mass is 9.60. The predicted molar refractivity (Wildman–Crippen MR) is 97.8 cm³/mol. The number of rotatable bonds is 9. The van der Waals surface area contributed by atoms with Gasteiger partial charge in [-0.3, -0.25) is 0 Å². The van der Waals surface area contributed by atoms with Crippen LogP contribution in [-0.4, -0.2) is 25.4 Å². The minimum absolute atomic E-state index is 0.0828. The van der Waals surface area contributed by atoms with Gasteiger partial charge >= 0.3 is 0 Å². The fourth-order valence-corrected chi connectivity index (χ4v) is 5.54. The second-order valence-electron chi connectivity index (χ2n) is 7.72. The molecule has 0 aromatic heterocycles. The van der Waals surface area contributed by atoms with Crippen LogP contribution in [0.3, 0.4) is 0 Å². The molecule has 0 aliphatic heterocycles. The third kappa shape index (κ3) is 4.51. The lowest BCUT2D eigenvalue weighted by Crippen LogP contribution is -2.55. The van der Waals surface area contributed by atoms with Crippen LogP contribution in [0.2, 0.25) is 0 Å². The van der Waals surface area contributed by atoms with Crippen LogP contribution < -0.4 is 0 Å². The van der Waals surface area contributed by atoms with Gasteiger partial charge in [-0.05, 0) is 57.8 Å². The summed E-state index contributed by atoms with van der Waals surface area (Å²) >= 11 is 0. The van der Waals surface area contributed by atoms with E-state index in [0.717, 1.165) is 31.7 Å². The van der Waals surface area contributed by atoms with Crippen LogP contribution in [0.15, 0.2) is 0 Å². The number of ether oxygens (including phenoxy) is 2. The maximum atomic E-state index is 6.78. The molecule has 1 unspecified atom stereocenters. The van der Waals surface area contributed by atoms with Crippen LogP contribution in [0, 0.1) is 17.8 Å². The molecule has 0 bridgehead atoms. The molecule has 136 valence electrons. The largest absolute Gasteiger partial charge is 0.381 e. The molecule has 1 atom stereocenters. The zero-order valence-electron chi connectivity index (χ0n) is 15.9. The van der Waals surface area contributed by atoms with Crippen molar-refractivity contribution in [2.75, 3.05) is 19.8 Å². The Balaban J connectivity index is 2.30. The maximum Gasteiger partial charge on any atom is 0.0788 e. The molecule has 0 amide bonds. The van der Waals surface area contributed by atoms with Crippen molar-refractivity contribution in [3.8, 4) is 0 Å². The Morgan fingerprint density at radius 3 is 1.70 bits per heavy atom. The smallest absolute Gasteiger partial charge is 0.0788 e.